The fourth-order valence-corrected chi connectivity index (χ4v) is 3.25. The van der Waals surface area contributed by atoms with Crippen LogP contribution in [0, 0.1) is 5.82 Å². The number of aliphatic hydroxyl groups is 1. The maximum Gasteiger partial charge on any atom is 0.231 e. The van der Waals surface area contributed by atoms with Crippen molar-refractivity contribution in [2.45, 2.75) is 25.7 Å². The second-order valence-corrected chi connectivity index (χ2v) is 7.47. The lowest BCUT2D eigenvalue weighted by Crippen LogP contribution is -2.23. The molecule has 4 N–H and O–H groups in total. The van der Waals surface area contributed by atoms with E-state index in [1.165, 1.54) is 0 Å². The molecular weight excluding hydrogens is 411 g/mol. The minimum Gasteiger partial charge on any atom is -0.396 e. The van der Waals surface area contributed by atoms with Crippen LogP contribution in [0.1, 0.15) is 30.5 Å². The van der Waals surface area contributed by atoms with Crippen LogP contribution < -0.4 is 11.1 Å². The molecule has 1 atom stereocenters. The third kappa shape index (κ3) is 6.90. The zero-order valence-corrected chi connectivity index (χ0v) is 18.1. The summed E-state index contributed by atoms with van der Waals surface area (Å²) in [7, 11) is 0. The minimum atomic E-state index is -0.243. The van der Waals surface area contributed by atoms with Crippen LogP contribution in [0.4, 0.5) is 10.3 Å². The van der Waals surface area contributed by atoms with Gasteiger partial charge in [0.25, 0.3) is 0 Å². The van der Waals surface area contributed by atoms with Gasteiger partial charge in [-0.1, -0.05) is 54.5 Å². The number of nitrogens with one attached hydrogen (secondary N) is 1. The van der Waals surface area contributed by atoms with Gasteiger partial charge in [0.15, 0.2) is 5.96 Å². The standard InChI is InChI=1S/C24H29FN4O3/c1-17(19-8-9-21(22(25)15-19)18-6-3-2-4-7-18)14-20-16-23(32-29-20)28-24(26)27-10-13-31-12-5-11-30/h2-4,6-9,15-17,30H,5,10-14H2,1H3,(H3,26,27,28). The van der Waals surface area contributed by atoms with Crippen LogP contribution in [-0.4, -0.2) is 42.6 Å². The van der Waals surface area contributed by atoms with Crippen molar-refractivity contribution in [3.63, 3.8) is 0 Å². The Balaban J connectivity index is 1.53. The molecule has 0 bridgehead atoms. The van der Waals surface area contributed by atoms with Crippen LogP contribution in [-0.2, 0) is 11.2 Å². The van der Waals surface area contributed by atoms with E-state index in [1.54, 1.807) is 12.1 Å². The summed E-state index contributed by atoms with van der Waals surface area (Å²) < 4.78 is 25.2. The quantitative estimate of drug-likeness (QED) is 0.237. The first kappa shape index (κ1) is 23.4. The Labute approximate surface area is 187 Å². The lowest BCUT2D eigenvalue weighted by atomic mass is 9.94. The van der Waals surface area contributed by atoms with Gasteiger partial charge < -0.3 is 20.1 Å². The van der Waals surface area contributed by atoms with Gasteiger partial charge >= 0.3 is 0 Å². The second-order valence-electron chi connectivity index (χ2n) is 7.47. The van der Waals surface area contributed by atoms with Gasteiger partial charge in [0.2, 0.25) is 5.88 Å². The molecule has 8 heteroatoms. The second kappa shape index (κ2) is 12.0. The van der Waals surface area contributed by atoms with E-state index in [0.29, 0.717) is 44.0 Å². The highest BCUT2D eigenvalue weighted by Gasteiger charge is 2.14. The number of rotatable bonds is 11. The Kier molecular flexibility index (Phi) is 8.77. The molecule has 1 aromatic heterocycles. The number of anilines is 1. The van der Waals surface area contributed by atoms with E-state index >= 15 is 0 Å². The first-order chi connectivity index (χ1) is 15.6. The number of aromatic nitrogens is 1. The first-order valence-corrected chi connectivity index (χ1v) is 10.6. The molecule has 0 aliphatic heterocycles. The maximum absolute atomic E-state index is 14.7. The first-order valence-electron chi connectivity index (χ1n) is 10.6. The number of benzene rings is 2. The van der Waals surface area contributed by atoms with E-state index in [9.17, 15) is 4.39 Å². The van der Waals surface area contributed by atoms with E-state index in [0.717, 1.165) is 16.8 Å². The third-order valence-corrected chi connectivity index (χ3v) is 4.94. The molecule has 0 aliphatic carbocycles. The zero-order valence-electron chi connectivity index (χ0n) is 18.1. The summed E-state index contributed by atoms with van der Waals surface area (Å²) in [5.74, 6) is 0.395. The molecular formula is C24H29FN4O3. The molecule has 3 aromatic rings. The molecule has 0 spiro atoms. The minimum absolute atomic E-state index is 0.0503. The number of aliphatic hydroxyl groups excluding tert-OH is 1. The van der Waals surface area contributed by atoms with E-state index in [4.69, 9.17) is 20.1 Å². The topological polar surface area (TPSA) is 106 Å². The predicted molar refractivity (Wildman–Crippen MR) is 123 cm³/mol. The smallest absolute Gasteiger partial charge is 0.231 e. The van der Waals surface area contributed by atoms with E-state index in [1.807, 2.05) is 49.4 Å². The Morgan fingerprint density at radius 2 is 2.03 bits per heavy atom. The van der Waals surface area contributed by atoms with E-state index < -0.39 is 0 Å². The lowest BCUT2D eigenvalue weighted by molar-refractivity contribution is 0.122. The summed E-state index contributed by atoms with van der Waals surface area (Å²) in [6.45, 7) is 3.43. The summed E-state index contributed by atoms with van der Waals surface area (Å²) in [5, 5.41) is 15.6. The molecule has 0 saturated carbocycles. The van der Waals surface area contributed by atoms with Crippen LogP contribution in [0.5, 0.6) is 0 Å². The third-order valence-electron chi connectivity index (χ3n) is 4.94. The maximum atomic E-state index is 14.7. The SMILES string of the molecule is CC(Cc1cc(NC(N)=NCCOCCCO)on1)c1ccc(-c2ccccc2)c(F)c1. The molecule has 0 fully saturated rings. The zero-order chi connectivity index (χ0) is 22.8. The fraction of sp³-hybridized carbons (Fsp3) is 0.333. The van der Waals surface area contributed by atoms with Crippen molar-refractivity contribution in [2.24, 2.45) is 10.7 Å². The molecule has 0 amide bonds. The number of aliphatic imine (C=N–C) groups is 1. The summed E-state index contributed by atoms with van der Waals surface area (Å²) in [5.41, 5.74) is 8.90. The number of hydrogen-bond acceptors (Lipinski definition) is 5. The molecule has 1 heterocycles. The van der Waals surface area contributed by atoms with Gasteiger partial charge in [-0.2, -0.15) is 0 Å². The van der Waals surface area contributed by atoms with Crippen molar-refractivity contribution in [1.82, 2.24) is 5.16 Å². The number of hydrogen-bond donors (Lipinski definition) is 3. The normalized spacial score (nSPS) is 12.7. The highest BCUT2D eigenvalue weighted by Crippen LogP contribution is 2.28. The predicted octanol–water partition coefficient (Wildman–Crippen LogP) is 3.95. The van der Waals surface area contributed by atoms with Gasteiger partial charge in [0.1, 0.15) is 5.82 Å². The highest BCUT2D eigenvalue weighted by molar-refractivity contribution is 5.90. The molecule has 0 saturated heterocycles. The van der Waals surface area contributed by atoms with Gasteiger partial charge in [0, 0.05) is 24.8 Å². The summed E-state index contributed by atoms with van der Waals surface area (Å²) >= 11 is 0. The van der Waals surface area contributed by atoms with Crippen molar-refractivity contribution in [3.8, 4) is 11.1 Å². The summed E-state index contributed by atoms with van der Waals surface area (Å²) in [6, 6.07) is 16.6. The Morgan fingerprint density at radius 1 is 1.22 bits per heavy atom. The van der Waals surface area contributed by atoms with Gasteiger partial charge in [-0.05, 0) is 36.0 Å². The Bertz CT molecular complexity index is 1010. The number of nitrogens with two attached hydrogens (primary N) is 1. The van der Waals surface area contributed by atoms with Gasteiger partial charge in [0.05, 0.1) is 18.8 Å². The lowest BCUT2D eigenvalue weighted by Gasteiger charge is -2.12. The van der Waals surface area contributed by atoms with Crippen LogP contribution in [0.2, 0.25) is 0 Å². The molecule has 32 heavy (non-hydrogen) atoms. The largest absolute Gasteiger partial charge is 0.396 e. The van der Waals surface area contributed by atoms with Crippen molar-refractivity contribution in [1.29, 1.82) is 0 Å². The number of ether oxygens (including phenoxy) is 1. The molecule has 2 aromatic carbocycles. The average Bonchev–Trinajstić information content (AvgIpc) is 3.23. The molecule has 3 rings (SSSR count). The van der Waals surface area contributed by atoms with Crippen molar-refractivity contribution in [3.05, 3.63) is 71.7 Å². The van der Waals surface area contributed by atoms with Crippen molar-refractivity contribution >= 4 is 11.8 Å². The van der Waals surface area contributed by atoms with E-state index in [-0.39, 0.29) is 24.3 Å². The molecule has 7 nitrogen and oxygen atoms in total. The Morgan fingerprint density at radius 3 is 2.78 bits per heavy atom. The molecule has 0 aliphatic rings. The number of guanidine groups is 1. The summed E-state index contributed by atoms with van der Waals surface area (Å²) in [6.07, 6.45) is 1.19. The number of halogens is 1. The highest BCUT2D eigenvalue weighted by atomic mass is 19.1. The van der Waals surface area contributed by atoms with Crippen LogP contribution in [0.15, 0.2) is 64.1 Å². The van der Waals surface area contributed by atoms with Gasteiger partial charge in [-0.15, -0.1) is 0 Å². The molecule has 0 radical (unpaired) electrons. The molecule has 170 valence electrons. The van der Waals surface area contributed by atoms with Crippen LogP contribution in [0.25, 0.3) is 11.1 Å². The summed E-state index contributed by atoms with van der Waals surface area (Å²) in [4.78, 5) is 4.14. The van der Waals surface area contributed by atoms with E-state index in [2.05, 4.69) is 15.5 Å². The van der Waals surface area contributed by atoms with Crippen LogP contribution in [0.3, 0.4) is 0 Å². The fourth-order valence-electron chi connectivity index (χ4n) is 3.25. The monoisotopic (exact) mass is 440 g/mol. The Hall–Kier alpha value is -3.23. The van der Waals surface area contributed by atoms with Gasteiger partial charge in [-0.25, -0.2) is 4.39 Å². The number of nitrogens with zero attached hydrogens (tertiary/aromatic N) is 2. The molecule has 1 unspecified atom stereocenters. The van der Waals surface area contributed by atoms with Crippen molar-refractivity contribution < 1.29 is 18.8 Å². The van der Waals surface area contributed by atoms with Crippen LogP contribution >= 0.6 is 0 Å². The van der Waals surface area contributed by atoms with Gasteiger partial charge in [-0.3, -0.25) is 10.3 Å². The average molecular weight is 441 g/mol. The van der Waals surface area contributed by atoms with Crippen molar-refractivity contribution in [2.75, 3.05) is 31.7 Å².